The van der Waals surface area contributed by atoms with E-state index >= 15 is 0 Å². The van der Waals surface area contributed by atoms with Crippen LogP contribution in [0.3, 0.4) is 0 Å². The lowest BCUT2D eigenvalue weighted by atomic mass is 10.1. The van der Waals surface area contributed by atoms with Gasteiger partial charge in [-0.1, -0.05) is 42.5 Å². The topological polar surface area (TPSA) is 58.4 Å². The van der Waals surface area contributed by atoms with Crippen LogP contribution in [0.4, 0.5) is 0 Å². The zero-order chi connectivity index (χ0) is 19.8. The van der Waals surface area contributed by atoms with Crippen LogP contribution in [0.15, 0.2) is 60.9 Å². The minimum atomic E-state index is 0.0776. The molecular formula is C23H24N4O2. The molecule has 148 valence electrons. The summed E-state index contributed by atoms with van der Waals surface area (Å²) in [4.78, 5) is 33.7. The van der Waals surface area contributed by atoms with E-state index in [2.05, 4.69) is 17.1 Å². The molecule has 1 aromatic heterocycles. The van der Waals surface area contributed by atoms with E-state index in [1.807, 2.05) is 56.8 Å². The second-order valence-electron chi connectivity index (χ2n) is 7.93. The van der Waals surface area contributed by atoms with Gasteiger partial charge in [0.1, 0.15) is 6.54 Å². The zero-order valence-corrected chi connectivity index (χ0v) is 16.3. The fraction of sp³-hybridized carbons (Fsp3) is 0.348. The third kappa shape index (κ3) is 3.50. The summed E-state index contributed by atoms with van der Waals surface area (Å²) in [6.45, 7) is 2.72. The van der Waals surface area contributed by atoms with E-state index in [0.29, 0.717) is 32.1 Å². The van der Waals surface area contributed by atoms with Gasteiger partial charge in [0.05, 0.1) is 17.4 Å². The number of rotatable bonds is 4. The molecule has 29 heavy (non-hydrogen) atoms. The van der Waals surface area contributed by atoms with Crippen LogP contribution in [0, 0.1) is 5.92 Å². The molecule has 0 bridgehead atoms. The van der Waals surface area contributed by atoms with Gasteiger partial charge in [0.2, 0.25) is 11.8 Å². The summed E-state index contributed by atoms with van der Waals surface area (Å²) >= 11 is 0. The molecule has 0 spiro atoms. The van der Waals surface area contributed by atoms with E-state index in [1.54, 1.807) is 6.33 Å². The Morgan fingerprint density at radius 2 is 1.59 bits per heavy atom. The number of para-hydroxylation sites is 2. The fourth-order valence-electron chi connectivity index (χ4n) is 4.33. The summed E-state index contributed by atoms with van der Waals surface area (Å²) in [5.41, 5.74) is 3.12. The third-order valence-electron chi connectivity index (χ3n) is 6.11. The van der Waals surface area contributed by atoms with E-state index in [0.717, 1.165) is 17.5 Å². The predicted molar refractivity (Wildman–Crippen MR) is 110 cm³/mol. The van der Waals surface area contributed by atoms with Gasteiger partial charge in [0.25, 0.3) is 0 Å². The van der Waals surface area contributed by atoms with Crippen molar-refractivity contribution in [2.24, 2.45) is 5.92 Å². The van der Waals surface area contributed by atoms with Crippen LogP contribution in [-0.4, -0.2) is 57.3 Å². The molecule has 1 saturated heterocycles. The second kappa shape index (κ2) is 7.35. The minimum absolute atomic E-state index is 0.0776. The number of aromatic nitrogens is 2. The van der Waals surface area contributed by atoms with Gasteiger partial charge in [-0.3, -0.25) is 9.59 Å². The Morgan fingerprint density at radius 3 is 2.38 bits per heavy atom. The Hall–Kier alpha value is -3.15. The van der Waals surface area contributed by atoms with Crippen molar-refractivity contribution >= 4 is 22.8 Å². The lowest BCUT2D eigenvalue weighted by Crippen LogP contribution is -2.51. The first-order chi connectivity index (χ1) is 14.2. The normalized spacial score (nSPS) is 21.4. The summed E-state index contributed by atoms with van der Waals surface area (Å²) in [7, 11) is 0. The molecule has 2 atom stereocenters. The first-order valence-corrected chi connectivity index (χ1v) is 10.2. The molecule has 3 aromatic rings. The third-order valence-corrected chi connectivity index (χ3v) is 6.11. The molecule has 2 heterocycles. The number of amides is 2. The van der Waals surface area contributed by atoms with Gasteiger partial charge < -0.3 is 14.4 Å². The first-order valence-electron chi connectivity index (χ1n) is 10.2. The standard InChI is InChI=1S/C23H24N4O2/c28-22(15-27-16-24-20-8-4-5-9-21(20)27)25-10-12-26(13-11-25)23(29)19-14-18(19)17-6-2-1-3-7-17/h1-9,16,18-19H,10-15H2/t18-,19+/m0/s1. The van der Waals surface area contributed by atoms with Crippen LogP contribution in [0.1, 0.15) is 17.9 Å². The minimum Gasteiger partial charge on any atom is -0.339 e. The van der Waals surface area contributed by atoms with Crippen molar-refractivity contribution in [2.75, 3.05) is 26.2 Å². The van der Waals surface area contributed by atoms with Crippen LogP contribution in [0.5, 0.6) is 0 Å². The summed E-state index contributed by atoms with van der Waals surface area (Å²) in [5, 5.41) is 0. The monoisotopic (exact) mass is 388 g/mol. The summed E-state index contributed by atoms with van der Waals surface area (Å²) < 4.78 is 1.89. The molecule has 5 rings (SSSR count). The second-order valence-corrected chi connectivity index (χ2v) is 7.93. The summed E-state index contributed by atoms with van der Waals surface area (Å²) in [6, 6.07) is 18.1. The molecule has 2 aromatic carbocycles. The average molecular weight is 388 g/mol. The van der Waals surface area contributed by atoms with Crippen molar-refractivity contribution in [2.45, 2.75) is 18.9 Å². The number of benzene rings is 2. The van der Waals surface area contributed by atoms with E-state index in [9.17, 15) is 9.59 Å². The number of piperazine rings is 1. The molecule has 1 aliphatic carbocycles. The number of carbonyl (C=O) groups is 2. The van der Waals surface area contributed by atoms with Crippen LogP contribution in [-0.2, 0) is 16.1 Å². The largest absolute Gasteiger partial charge is 0.339 e. The Labute approximate surface area is 169 Å². The van der Waals surface area contributed by atoms with Crippen LogP contribution >= 0.6 is 0 Å². The van der Waals surface area contributed by atoms with Crippen molar-refractivity contribution in [3.05, 3.63) is 66.5 Å². The van der Waals surface area contributed by atoms with E-state index in [1.165, 1.54) is 5.56 Å². The average Bonchev–Trinajstić information content (AvgIpc) is 3.49. The van der Waals surface area contributed by atoms with E-state index in [-0.39, 0.29) is 24.3 Å². The first kappa shape index (κ1) is 17.9. The van der Waals surface area contributed by atoms with Crippen molar-refractivity contribution < 1.29 is 9.59 Å². The molecule has 0 radical (unpaired) electrons. The van der Waals surface area contributed by atoms with Gasteiger partial charge in [-0.2, -0.15) is 0 Å². The van der Waals surface area contributed by atoms with Crippen LogP contribution < -0.4 is 0 Å². The molecule has 1 saturated carbocycles. The van der Waals surface area contributed by atoms with Crippen molar-refractivity contribution in [3.63, 3.8) is 0 Å². The van der Waals surface area contributed by atoms with E-state index in [4.69, 9.17) is 0 Å². The molecule has 2 amide bonds. The summed E-state index contributed by atoms with van der Waals surface area (Å²) in [5.74, 6) is 0.787. The Balaban J connectivity index is 1.15. The Kier molecular flexibility index (Phi) is 4.54. The lowest BCUT2D eigenvalue weighted by Gasteiger charge is -2.35. The highest BCUT2D eigenvalue weighted by molar-refractivity contribution is 5.84. The zero-order valence-electron chi connectivity index (χ0n) is 16.3. The molecule has 1 aliphatic heterocycles. The molecule has 2 fully saturated rings. The molecule has 0 N–H and O–H groups in total. The van der Waals surface area contributed by atoms with Gasteiger partial charge >= 0.3 is 0 Å². The number of nitrogens with zero attached hydrogens (tertiary/aromatic N) is 4. The van der Waals surface area contributed by atoms with Gasteiger partial charge in [0.15, 0.2) is 0 Å². The van der Waals surface area contributed by atoms with E-state index < -0.39 is 0 Å². The number of hydrogen-bond acceptors (Lipinski definition) is 3. The maximum absolute atomic E-state index is 12.8. The highest BCUT2D eigenvalue weighted by atomic mass is 16.2. The highest BCUT2D eigenvalue weighted by Gasteiger charge is 2.46. The number of hydrogen-bond donors (Lipinski definition) is 0. The van der Waals surface area contributed by atoms with Crippen molar-refractivity contribution in [1.82, 2.24) is 19.4 Å². The van der Waals surface area contributed by atoms with Crippen molar-refractivity contribution in [3.8, 4) is 0 Å². The quantitative estimate of drug-likeness (QED) is 0.690. The van der Waals surface area contributed by atoms with Gasteiger partial charge in [0, 0.05) is 32.1 Å². The number of fused-ring (bicyclic) bond motifs is 1. The lowest BCUT2D eigenvalue weighted by molar-refractivity contribution is -0.140. The smallest absolute Gasteiger partial charge is 0.242 e. The predicted octanol–water partition coefficient (Wildman–Crippen LogP) is 2.51. The number of carbonyl (C=O) groups excluding carboxylic acids is 2. The van der Waals surface area contributed by atoms with Crippen LogP contribution in [0.2, 0.25) is 0 Å². The number of imidazole rings is 1. The van der Waals surface area contributed by atoms with Gasteiger partial charge in [-0.15, -0.1) is 0 Å². The molecule has 0 unspecified atom stereocenters. The maximum Gasteiger partial charge on any atom is 0.242 e. The van der Waals surface area contributed by atoms with Crippen molar-refractivity contribution in [1.29, 1.82) is 0 Å². The Morgan fingerprint density at radius 1 is 0.897 bits per heavy atom. The Bertz CT molecular complexity index is 1040. The highest BCUT2D eigenvalue weighted by Crippen LogP contribution is 2.48. The SMILES string of the molecule is O=C(Cn1cnc2ccccc21)N1CCN(C(=O)[C@@H]2C[C@H]2c2ccccc2)CC1. The van der Waals surface area contributed by atoms with Gasteiger partial charge in [-0.25, -0.2) is 4.98 Å². The van der Waals surface area contributed by atoms with Gasteiger partial charge in [-0.05, 0) is 30.0 Å². The molecule has 6 nitrogen and oxygen atoms in total. The maximum atomic E-state index is 12.8. The molecular weight excluding hydrogens is 364 g/mol. The van der Waals surface area contributed by atoms with Crippen LogP contribution in [0.25, 0.3) is 11.0 Å². The molecule has 2 aliphatic rings. The summed E-state index contributed by atoms with van der Waals surface area (Å²) in [6.07, 6.45) is 2.66. The molecule has 6 heteroatoms. The fourth-order valence-corrected chi connectivity index (χ4v) is 4.33.